The lowest BCUT2D eigenvalue weighted by atomic mass is 9.86. The highest BCUT2D eigenvalue weighted by atomic mass is 16.3. The van der Waals surface area contributed by atoms with Crippen LogP contribution in [0.25, 0.3) is 0 Å². The number of aromatic nitrogens is 3. The normalized spacial score (nSPS) is 27.6. The van der Waals surface area contributed by atoms with Crippen LogP contribution in [0.4, 0.5) is 0 Å². The summed E-state index contributed by atoms with van der Waals surface area (Å²) in [4.78, 5) is 17.3. The molecular formula is C21H35N5O2. The third-order valence-corrected chi connectivity index (χ3v) is 7.02. The predicted molar refractivity (Wildman–Crippen MR) is 107 cm³/mol. The summed E-state index contributed by atoms with van der Waals surface area (Å²) in [5, 5.41) is 19.7. The molecule has 28 heavy (non-hydrogen) atoms. The average Bonchev–Trinajstić information content (AvgIpc) is 2.93. The van der Waals surface area contributed by atoms with Gasteiger partial charge in [-0.25, -0.2) is 0 Å². The minimum absolute atomic E-state index is 0.0469. The Hall–Kier alpha value is -1.47. The van der Waals surface area contributed by atoms with Gasteiger partial charge in [0.1, 0.15) is 11.6 Å². The molecule has 1 amide bonds. The molecule has 0 radical (unpaired) electrons. The molecule has 156 valence electrons. The third-order valence-electron chi connectivity index (χ3n) is 7.02. The molecule has 4 rings (SSSR count). The summed E-state index contributed by atoms with van der Waals surface area (Å²) >= 11 is 0. The van der Waals surface area contributed by atoms with Gasteiger partial charge >= 0.3 is 0 Å². The molecular weight excluding hydrogens is 354 g/mol. The fraction of sp³-hybridized carbons (Fsp3) is 0.857. The molecule has 0 unspecified atom stereocenters. The number of hydrogen-bond acceptors (Lipinski definition) is 5. The van der Waals surface area contributed by atoms with Crippen LogP contribution in [0, 0.1) is 12.8 Å². The van der Waals surface area contributed by atoms with Gasteiger partial charge in [-0.2, -0.15) is 0 Å². The number of hydrogen-bond donors (Lipinski definition) is 1. The fourth-order valence-electron chi connectivity index (χ4n) is 5.28. The first-order chi connectivity index (χ1) is 13.5. The lowest BCUT2D eigenvalue weighted by Gasteiger charge is -2.41. The Bertz CT molecular complexity index is 684. The van der Waals surface area contributed by atoms with Gasteiger partial charge in [-0.3, -0.25) is 9.69 Å². The van der Waals surface area contributed by atoms with Crippen molar-refractivity contribution in [3.8, 4) is 0 Å². The van der Waals surface area contributed by atoms with Crippen molar-refractivity contribution in [1.82, 2.24) is 24.6 Å². The second kappa shape index (κ2) is 8.49. The Morgan fingerprint density at radius 3 is 2.71 bits per heavy atom. The van der Waals surface area contributed by atoms with Crippen LogP contribution in [0.15, 0.2) is 0 Å². The summed E-state index contributed by atoms with van der Waals surface area (Å²) in [5.74, 6) is 2.67. The number of likely N-dealkylation sites (tertiary alicyclic amines) is 1. The number of carbonyl (C=O) groups excluding carboxylic acids is 1. The summed E-state index contributed by atoms with van der Waals surface area (Å²) < 4.78 is 2.16. The molecule has 1 aromatic rings. The maximum absolute atomic E-state index is 13.1. The van der Waals surface area contributed by atoms with Gasteiger partial charge in [-0.05, 0) is 32.1 Å². The molecule has 7 heteroatoms. The van der Waals surface area contributed by atoms with Crippen molar-refractivity contribution in [3.63, 3.8) is 0 Å². The zero-order chi connectivity index (χ0) is 19.6. The van der Waals surface area contributed by atoms with Gasteiger partial charge in [0, 0.05) is 45.7 Å². The van der Waals surface area contributed by atoms with E-state index in [-0.39, 0.29) is 5.91 Å². The van der Waals surface area contributed by atoms with Gasteiger partial charge in [0.05, 0.1) is 0 Å². The molecule has 3 heterocycles. The molecule has 2 fully saturated rings. The summed E-state index contributed by atoms with van der Waals surface area (Å²) in [7, 11) is 0. The molecule has 1 saturated heterocycles. The van der Waals surface area contributed by atoms with Gasteiger partial charge in [0.15, 0.2) is 5.60 Å². The Morgan fingerprint density at radius 1 is 1.07 bits per heavy atom. The van der Waals surface area contributed by atoms with Crippen LogP contribution in [0.1, 0.15) is 63.0 Å². The smallest absolute Gasteiger partial charge is 0.255 e. The van der Waals surface area contributed by atoms with E-state index in [2.05, 4.69) is 19.7 Å². The second-order valence-corrected chi connectivity index (χ2v) is 9.06. The molecule has 0 bridgehead atoms. The molecule has 1 saturated carbocycles. The number of rotatable bonds is 5. The summed E-state index contributed by atoms with van der Waals surface area (Å²) in [6.07, 6.45) is 10.0. The first kappa shape index (κ1) is 19.8. The number of aliphatic hydroxyl groups is 1. The Labute approximate surface area is 168 Å². The van der Waals surface area contributed by atoms with Crippen molar-refractivity contribution in [2.45, 2.75) is 76.9 Å². The van der Waals surface area contributed by atoms with Crippen LogP contribution < -0.4 is 0 Å². The average molecular weight is 390 g/mol. The van der Waals surface area contributed by atoms with Crippen LogP contribution >= 0.6 is 0 Å². The van der Waals surface area contributed by atoms with Crippen molar-refractivity contribution in [2.24, 2.45) is 5.92 Å². The van der Waals surface area contributed by atoms with E-state index >= 15 is 0 Å². The Kier molecular flexibility index (Phi) is 6.01. The number of aryl methyl sites for hydroxylation is 1. The molecule has 1 aliphatic carbocycles. The summed E-state index contributed by atoms with van der Waals surface area (Å²) in [5.41, 5.74) is -1.23. The fourth-order valence-corrected chi connectivity index (χ4v) is 5.28. The van der Waals surface area contributed by atoms with E-state index in [1.807, 2.05) is 11.8 Å². The molecule has 1 atom stereocenters. The molecule has 3 aliphatic rings. The SMILES string of the molecule is Cc1nnc2n1CCN(C[C@]1(O)CCCN(CCC3CCCCC3)C1=O)CC2. The maximum Gasteiger partial charge on any atom is 0.255 e. The monoisotopic (exact) mass is 389 g/mol. The van der Waals surface area contributed by atoms with Crippen molar-refractivity contribution in [3.05, 3.63) is 11.6 Å². The number of fused-ring (bicyclic) bond motifs is 1. The van der Waals surface area contributed by atoms with Crippen LogP contribution in [-0.4, -0.2) is 73.9 Å². The van der Waals surface area contributed by atoms with Gasteiger partial charge in [0.2, 0.25) is 0 Å². The minimum Gasteiger partial charge on any atom is -0.379 e. The highest BCUT2D eigenvalue weighted by Crippen LogP contribution is 2.29. The second-order valence-electron chi connectivity index (χ2n) is 9.06. The van der Waals surface area contributed by atoms with E-state index in [4.69, 9.17) is 0 Å². The van der Waals surface area contributed by atoms with Crippen LogP contribution in [0.5, 0.6) is 0 Å². The van der Waals surface area contributed by atoms with Crippen molar-refractivity contribution in [2.75, 3.05) is 32.7 Å². The number of carbonyl (C=O) groups is 1. The molecule has 7 nitrogen and oxygen atoms in total. The molecule has 1 N–H and O–H groups in total. The zero-order valence-electron chi connectivity index (χ0n) is 17.3. The molecule has 2 aliphatic heterocycles. The van der Waals surface area contributed by atoms with Crippen LogP contribution in [0.2, 0.25) is 0 Å². The lowest BCUT2D eigenvalue weighted by Crippen LogP contribution is -2.59. The van der Waals surface area contributed by atoms with Crippen molar-refractivity contribution < 1.29 is 9.90 Å². The Balaban J connectivity index is 1.33. The number of β-amino-alcohol motifs (C(OH)–C–C–N with tert-alkyl or cyclic N) is 1. The van der Waals surface area contributed by atoms with Gasteiger partial charge in [-0.15, -0.1) is 10.2 Å². The minimum atomic E-state index is -1.23. The highest BCUT2D eigenvalue weighted by Gasteiger charge is 2.43. The zero-order valence-corrected chi connectivity index (χ0v) is 17.3. The van der Waals surface area contributed by atoms with Crippen molar-refractivity contribution >= 4 is 5.91 Å². The topological polar surface area (TPSA) is 74.5 Å². The van der Waals surface area contributed by atoms with Gasteiger partial charge in [0.25, 0.3) is 5.91 Å². The number of piperidine rings is 1. The van der Waals surface area contributed by atoms with E-state index in [0.29, 0.717) is 13.0 Å². The van der Waals surface area contributed by atoms with E-state index in [1.54, 1.807) is 0 Å². The maximum atomic E-state index is 13.1. The number of amides is 1. The number of nitrogens with zero attached hydrogens (tertiary/aromatic N) is 5. The third kappa shape index (κ3) is 4.25. The summed E-state index contributed by atoms with van der Waals surface area (Å²) in [6, 6.07) is 0. The van der Waals surface area contributed by atoms with E-state index < -0.39 is 5.60 Å². The van der Waals surface area contributed by atoms with E-state index in [1.165, 1.54) is 32.1 Å². The lowest BCUT2D eigenvalue weighted by molar-refractivity contribution is -0.159. The highest BCUT2D eigenvalue weighted by molar-refractivity contribution is 5.86. The van der Waals surface area contributed by atoms with Crippen LogP contribution in [0.3, 0.4) is 0 Å². The van der Waals surface area contributed by atoms with E-state index in [0.717, 1.165) is 69.6 Å². The summed E-state index contributed by atoms with van der Waals surface area (Å²) in [6.45, 7) is 6.49. The first-order valence-electron chi connectivity index (χ1n) is 11.2. The van der Waals surface area contributed by atoms with E-state index in [9.17, 15) is 9.90 Å². The van der Waals surface area contributed by atoms with Gasteiger partial charge in [-0.1, -0.05) is 32.1 Å². The van der Waals surface area contributed by atoms with Gasteiger partial charge < -0.3 is 14.6 Å². The largest absolute Gasteiger partial charge is 0.379 e. The predicted octanol–water partition coefficient (Wildman–Crippen LogP) is 1.77. The Morgan fingerprint density at radius 2 is 1.89 bits per heavy atom. The van der Waals surface area contributed by atoms with Crippen LogP contribution in [-0.2, 0) is 17.8 Å². The molecule has 1 aromatic heterocycles. The molecule has 0 aromatic carbocycles. The van der Waals surface area contributed by atoms with Crippen molar-refractivity contribution in [1.29, 1.82) is 0 Å². The standard InChI is InChI=1S/C21H35N5O2/c1-17-22-23-19-9-12-24(14-15-26(17)19)16-21(28)10-5-11-25(20(21)27)13-8-18-6-3-2-4-7-18/h18,28H,2-16H2,1H3/t21-/m1/s1. The first-order valence-corrected chi connectivity index (χ1v) is 11.2. The molecule has 0 spiro atoms. The quantitative estimate of drug-likeness (QED) is 0.831.